The minimum atomic E-state index is 0.202. The topological polar surface area (TPSA) is 25.8 Å². The first-order valence-electron chi connectivity index (χ1n) is 6.20. The molecule has 0 radical (unpaired) electrons. The van der Waals surface area contributed by atoms with Gasteiger partial charge in [0.05, 0.1) is 0 Å². The van der Waals surface area contributed by atoms with Crippen LogP contribution in [-0.4, -0.2) is 9.97 Å². The number of nitrogens with zero attached hydrogens (tertiary/aromatic N) is 2. The fourth-order valence-electron chi connectivity index (χ4n) is 2.08. The smallest absolute Gasteiger partial charge is 0.162 e. The second-order valence-corrected chi connectivity index (χ2v) is 5.73. The van der Waals surface area contributed by atoms with E-state index in [1.54, 1.807) is 0 Å². The Balaban J connectivity index is 2.58. The largest absolute Gasteiger partial charge is 0.216 e. The summed E-state index contributed by atoms with van der Waals surface area (Å²) in [5.74, 6) is 0.782. The summed E-state index contributed by atoms with van der Waals surface area (Å²) in [6, 6.07) is 6.13. The second-order valence-electron chi connectivity index (χ2n) is 5.02. The van der Waals surface area contributed by atoms with Gasteiger partial charge in [-0.1, -0.05) is 60.8 Å². The molecule has 0 aliphatic carbocycles. The van der Waals surface area contributed by atoms with E-state index in [-0.39, 0.29) is 5.92 Å². The Hall–Kier alpha value is -1.12. The molecule has 2 nitrogen and oxygen atoms in total. The highest BCUT2D eigenvalue weighted by Gasteiger charge is 2.16. The number of aryl methyl sites for hydroxylation is 2. The minimum absolute atomic E-state index is 0.202. The van der Waals surface area contributed by atoms with Crippen LogP contribution in [0.3, 0.4) is 0 Å². The standard InChI is InChI=1S/C15H16Cl2N2/c1-8(2)12-13(16)18-15(19-14(12)17)11-6-5-9(3)7-10(11)4/h5-8H,1-4H3. The minimum Gasteiger partial charge on any atom is -0.216 e. The molecule has 0 fully saturated rings. The molecule has 0 saturated heterocycles. The van der Waals surface area contributed by atoms with Gasteiger partial charge in [0, 0.05) is 11.1 Å². The van der Waals surface area contributed by atoms with Crippen molar-refractivity contribution in [3.8, 4) is 11.4 Å². The van der Waals surface area contributed by atoms with Crippen molar-refractivity contribution in [2.75, 3.05) is 0 Å². The van der Waals surface area contributed by atoms with Crippen molar-refractivity contribution in [2.24, 2.45) is 0 Å². The highest BCUT2D eigenvalue weighted by molar-refractivity contribution is 6.34. The average Bonchev–Trinajstić information content (AvgIpc) is 2.26. The number of aromatic nitrogens is 2. The first-order valence-corrected chi connectivity index (χ1v) is 6.96. The fourth-order valence-corrected chi connectivity index (χ4v) is 2.90. The maximum absolute atomic E-state index is 6.23. The van der Waals surface area contributed by atoms with Crippen LogP contribution in [0.25, 0.3) is 11.4 Å². The van der Waals surface area contributed by atoms with E-state index < -0.39 is 0 Å². The highest BCUT2D eigenvalue weighted by atomic mass is 35.5. The van der Waals surface area contributed by atoms with Crippen LogP contribution in [0, 0.1) is 13.8 Å². The Morgan fingerprint density at radius 3 is 2.05 bits per heavy atom. The zero-order valence-corrected chi connectivity index (χ0v) is 13.0. The van der Waals surface area contributed by atoms with Crippen LogP contribution in [0.15, 0.2) is 18.2 Å². The van der Waals surface area contributed by atoms with E-state index in [1.807, 2.05) is 32.9 Å². The molecule has 0 saturated carbocycles. The maximum Gasteiger partial charge on any atom is 0.162 e. The zero-order chi connectivity index (χ0) is 14.2. The van der Waals surface area contributed by atoms with Gasteiger partial charge in [-0.15, -0.1) is 0 Å². The predicted octanol–water partition coefficient (Wildman–Crippen LogP) is 5.19. The summed E-state index contributed by atoms with van der Waals surface area (Å²) in [6.07, 6.45) is 0. The zero-order valence-electron chi connectivity index (χ0n) is 11.5. The predicted molar refractivity (Wildman–Crippen MR) is 81.1 cm³/mol. The molecule has 2 rings (SSSR count). The van der Waals surface area contributed by atoms with Gasteiger partial charge in [-0.3, -0.25) is 0 Å². The summed E-state index contributed by atoms with van der Waals surface area (Å²) in [7, 11) is 0. The van der Waals surface area contributed by atoms with Crippen molar-refractivity contribution in [1.82, 2.24) is 9.97 Å². The molecule has 0 N–H and O–H groups in total. The molecule has 0 amide bonds. The third-order valence-electron chi connectivity index (χ3n) is 3.05. The molecule has 100 valence electrons. The van der Waals surface area contributed by atoms with Gasteiger partial charge in [0.1, 0.15) is 10.3 Å². The average molecular weight is 295 g/mol. The fraction of sp³-hybridized carbons (Fsp3) is 0.333. The Kier molecular flexibility index (Phi) is 4.12. The van der Waals surface area contributed by atoms with Gasteiger partial charge in [-0.2, -0.15) is 0 Å². The van der Waals surface area contributed by atoms with Crippen molar-refractivity contribution in [1.29, 1.82) is 0 Å². The van der Waals surface area contributed by atoms with E-state index in [2.05, 4.69) is 23.0 Å². The lowest BCUT2D eigenvalue weighted by Gasteiger charge is -2.12. The molecule has 0 bridgehead atoms. The van der Waals surface area contributed by atoms with Gasteiger partial charge < -0.3 is 0 Å². The Morgan fingerprint density at radius 1 is 1.00 bits per heavy atom. The van der Waals surface area contributed by atoms with Crippen molar-refractivity contribution < 1.29 is 0 Å². The molecule has 4 heteroatoms. The van der Waals surface area contributed by atoms with Gasteiger partial charge in [0.25, 0.3) is 0 Å². The van der Waals surface area contributed by atoms with Gasteiger partial charge in [0.15, 0.2) is 5.82 Å². The normalized spacial score (nSPS) is 11.1. The summed E-state index contributed by atoms with van der Waals surface area (Å²) >= 11 is 12.5. The Bertz CT molecular complexity index is 599. The Labute approximate surface area is 123 Å². The summed E-state index contributed by atoms with van der Waals surface area (Å²) in [5, 5.41) is 0.870. The molecule has 1 aromatic carbocycles. The van der Waals surface area contributed by atoms with Crippen LogP contribution in [0.4, 0.5) is 0 Å². The van der Waals surface area contributed by atoms with Crippen molar-refractivity contribution >= 4 is 23.2 Å². The monoisotopic (exact) mass is 294 g/mol. The second kappa shape index (κ2) is 5.48. The third kappa shape index (κ3) is 2.90. The van der Waals surface area contributed by atoms with Crippen molar-refractivity contribution in [3.63, 3.8) is 0 Å². The summed E-state index contributed by atoms with van der Waals surface area (Å²) in [5.41, 5.74) is 4.09. The number of hydrogen-bond donors (Lipinski definition) is 0. The van der Waals surface area contributed by atoms with Crippen LogP contribution < -0.4 is 0 Å². The van der Waals surface area contributed by atoms with Crippen LogP contribution >= 0.6 is 23.2 Å². The lowest BCUT2D eigenvalue weighted by atomic mass is 10.0. The SMILES string of the molecule is Cc1ccc(-c2nc(Cl)c(C(C)C)c(Cl)n2)c(C)c1. The summed E-state index contributed by atoms with van der Waals surface area (Å²) in [4.78, 5) is 8.77. The molecule has 0 unspecified atom stereocenters. The lowest BCUT2D eigenvalue weighted by Crippen LogP contribution is -2.00. The van der Waals surface area contributed by atoms with E-state index in [9.17, 15) is 0 Å². The molecule has 19 heavy (non-hydrogen) atoms. The molecule has 1 aromatic heterocycles. The number of benzene rings is 1. The summed E-state index contributed by atoms with van der Waals surface area (Å²) < 4.78 is 0. The lowest BCUT2D eigenvalue weighted by molar-refractivity contribution is 0.848. The molecular formula is C15H16Cl2N2. The quantitative estimate of drug-likeness (QED) is 0.712. The Morgan fingerprint density at radius 2 is 1.58 bits per heavy atom. The van der Waals surface area contributed by atoms with Crippen molar-refractivity contribution in [3.05, 3.63) is 45.2 Å². The van der Waals surface area contributed by atoms with Crippen LogP contribution in [0.2, 0.25) is 10.3 Å². The summed E-state index contributed by atoms with van der Waals surface area (Å²) in [6.45, 7) is 8.13. The van der Waals surface area contributed by atoms with Crippen LogP contribution in [-0.2, 0) is 0 Å². The molecule has 0 atom stereocenters. The van der Waals surface area contributed by atoms with Crippen molar-refractivity contribution in [2.45, 2.75) is 33.6 Å². The van der Waals surface area contributed by atoms with Gasteiger partial charge >= 0.3 is 0 Å². The molecule has 0 spiro atoms. The molecule has 1 heterocycles. The third-order valence-corrected chi connectivity index (χ3v) is 3.63. The van der Waals surface area contributed by atoms with E-state index in [4.69, 9.17) is 23.2 Å². The first-order chi connectivity index (χ1) is 8.90. The van der Waals surface area contributed by atoms with E-state index in [0.29, 0.717) is 16.1 Å². The number of halogens is 2. The van der Waals surface area contributed by atoms with Gasteiger partial charge in [0.2, 0.25) is 0 Å². The molecule has 0 aliphatic rings. The number of rotatable bonds is 2. The van der Waals surface area contributed by atoms with E-state index in [1.165, 1.54) is 5.56 Å². The molecular weight excluding hydrogens is 279 g/mol. The van der Waals surface area contributed by atoms with Crippen LogP contribution in [0.5, 0.6) is 0 Å². The highest BCUT2D eigenvalue weighted by Crippen LogP contribution is 2.31. The molecule has 0 aliphatic heterocycles. The number of hydrogen-bond acceptors (Lipinski definition) is 2. The maximum atomic E-state index is 6.23. The van der Waals surface area contributed by atoms with E-state index in [0.717, 1.165) is 16.7 Å². The van der Waals surface area contributed by atoms with Gasteiger partial charge in [-0.25, -0.2) is 9.97 Å². The first kappa shape index (κ1) is 14.3. The molecule has 2 aromatic rings. The van der Waals surface area contributed by atoms with Gasteiger partial charge in [-0.05, 0) is 25.3 Å². The van der Waals surface area contributed by atoms with Crippen LogP contribution in [0.1, 0.15) is 36.5 Å². The van der Waals surface area contributed by atoms with E-state index >= 15 is 0 Å².